The molecule has 118 valence electrons. The third-order valence-electron chi connectivity index (χ3n) is 3.33. The molecule has 6 nitrogen and oxygen atoms in total. The van der Waals surface area contributed by atoms with E-state index in [9.17, 15) is 9.59 Å². The Hall–Kier alpha value is -2.18. The minimum Gasteiger partial charge on any atom is -0.423 e. The van der Waals surface area contributed by atoms with Crippen LogP contribution in [0.25, 0.3) is 11.0 Å². The minimum absolute atomic E-state index is 0.00446. The predicted octanol–water partition coefficient (Wildman–Crippen LogP) is 1.00. The maximum atomic E-state index is 12.5. The molecular formula is C16H19NO5. The summed E-state index contributed by atoms with van der Waals surface area (Å²) in [6.45, 7) is 0.809. The number of hydrogen-bond acceptors (Lipinski definition) is 5. The van der Waals surface area contributed by atoms with E-state index < -0.39 is 5.63 Å². The fourth-order valence-electron chi connectivity index (χ4n) is 2.21. The summed E-state index contributed by atoms with van der Waals surface area (Å²) in [7, 11) is 0. The maximum Gasteiger partial charge on any atom is 0.336 e. The Morgan fingerprint density at radius 3 is 2.32 bits per heavy atom. The van der Waals surface area contributed by atoms with Crippen molar-refractivity contribution in [3.63, 3.8) is 0 Å². The maximum absolute atomic E-state index is 12.5. The molecule has 2 rings (SSSR count). The van der Waals surface area contributed by atoms with E-state index in [4.69, 9.17) is 14.6 Å². The Morgan fingerprint density at radius 2 is 1.68 bits per heavy atom. The van der Waals surface area contributed by atoms with E-state index in [-0.39, 0.29) is 19.1 Å². The van der Waals surface area contributed by atoms with Gasteiger partial charge in [0.1, 0.15) is 5.58 Å². The molecule has 22 heavy (non-hydrogen) atoms. The fraction of sp³-hybridized carbons (Fsp3) is 0.375. The van der Waals surface area contributed by atoms with Gasteiger partial charge in [-0.3, -0.25) is 4.79 Å². The van der Waals surface area contributed by atoms with Crippen molar-refractivity contribution in [2.24, 2.45) is 0 Å². The third-order valence-corrected chi connectivity index (χ3v) is 3.33. The van der Waals surface area contributed by atoms with Crippen LogP contribution in [0.15, 0.2) is 39.5 Å². The van der Waals surface area contributed by atoms with Crippen molar-refractivity contribution in [3.8, 4) is 0 Å². The molecule has 0 saturated carbocycles. The zero-order valence-corrected chi connectivity index (χ0v) is 12.2. The molecule has 2 N–H and O–H groups in total. The number of benzene rings is 1. The van der Waals surface area contributed by atoms with Crippen molar-refractivity contribution in [1.29, 1.82) is 0 Å². The Balaban J connectivity index is 2.26. The molecule has 0 bridgehead atoms. The summed E-state index contributed by atoms with van der Waals surface area (Å²) in [4.78, 5) is 25.4. The van der Waals surface area contributed by atoms with Gasteiger partial charge < -0.3 is 19.5 Å². The molecule has 1 aromatic heterocycles. The van der Waals surface area contributed by atoms with Crippen molar-refractivity contribution < 1.29 is 19.4 Å². The van der Waals surface area contributed by atoms with Gasteiger partial charge in [0.25, 0.3) is 5.91 Å². The molecule has 0 saturated heterocycles. The Bertz CT molecular complexity index is 686. The second-order valence-corrected chi connectivity index (χ2v) is 4.95. The van der Waals surface area contributed by atoms with Crippen LogP contribution in [0.2, 0.25) is 0 Å². The summed E-state index contributed by atoms with van der Waals surface area (Å²) < 4.78 is 5.09. The van der Waals surface area contributed by atoms with E-state index in [1.54, 1.807) is 29.2 Å². The summed E-state index contributed by atoms with van der Waals surface area (Å²) in [5.41, 5.74) is 0.315. The smallest absolute Gasteiger partial charge is 0.336 e. The first-order valence-electron chi connectivity index (χ1n) is 7.20. The van der Waals surface area contributed by atoms with Gasteiger partial charge in [0.15, 0.2) is 0 Å². The van der Waals surface area contributed by atoms with Crippen LogP contribution in [0.1, 0.15) is 23.2 Å². The molecular weight excluding hydrogens is 286 g/mol. The van der Waals surface area contributed by atoms with Gasteiger partial charge in [0.05, 0.1) is 0 Å². The van der Waals surface area contributed by atoms with Crippen molar-refractivity contribution in [3.05, 3.63) is 46.3 Å². The quantitative estimate of drug-likeness (QED) is 0.745. The van der Waals surface area contributed by atoms with Gasteiger partial charge in [-0.2, -0.15) is 0 Å². The van der Waals surface area contributed by atoms with E-state index in [0.717, 1.165) is 5.39 Å². The molecule has 0 fully saturated rings. The lowest BCUT2D eigenvalue weighted by molar-refractivity contribution is 0.0734. The van der Waals surface area contributed by atoms with Gasteiger partial charge >= 0.3 is 5.63 Å². The van der Waals surface area contributed by atoms with Gasteiger partial charge in [0.2, 0.25) is 0 Å². The number of carbonyl (C=O) groups excluding carboxylic acids is 1. The summed E-state index contributed by atoms with van der Waals surface area (Å²) in [5.74, 6) is -0.213. The highest BCUT2D eigenvalue weighted by molar-refractivity contribution is 5.97. The van der Waals surface area contributed by atoms with Gasteiger partial charge in [-0.15, -0.1) is 0 Å². The standard InChI is InChI=1S/C16H19NO5/c18-9-1-7-17(8-2-10-19)16(21)13-4-3-12-5-6-15(20)22-14(12)11-13/h3-6,11,18-19H,1-2,7-10H2. The van der Waals surface area contributed by atoms with E-state index in [1.807, 2.05) is 0 Å². The van der Waals surface area contributed by atoms with Crippen LogP contribution in [0.4, 0.5) is 0 Å². The number of aliphatic hydroxyl groups excluding tert-OH is 2. The summed E-state index contributed by atoms with van der Waals surface area (Å²) in [5, 5.41) is 18.6. The highest BCUT2D eigenvalue weighted by Crippen LogP contribution is 2.16. The first-order valence-corrected chi connectivity index (χ1v) is 7.20. The van der Waals surface area contributed by atoms with Crippen molar-refractivity contribution in [2.75, 3.05) is 26.3 Å². The highest BCUT2D eigenvalue weighted by Gasteiger charge is 2.16. The molecule has 0 radical (unpaired) electrons. The van der Waals surface area contributed by atoms with Gasteiger partial charge in [-0.1, -0.05) is 6.07 Å². The van der Waals surface area contributed by atoms with E-state index in [1.165, 1.54) is 6.07 Å². The number of rotatable bonds is 7. The lowest BCUT2D eigenvalue weighted by Gasteiger charge is -2.22. The first kappa shape index (κ1) is 16.2. The van der Waals surface area contributed by atoms with Crippen LogP contribution in [0, 0.1) is 0 Å². The summed E-state index contributed by atoms with van der Waals surface area (Å²) in [6.07, 6.45) is 0.944. The van der Waals surface area contributed by atoms with Crippen molar-refractivity contribution >= 4 is 16.9 Å². The average molecular weight is 305 g/mol. The molecule has 0 unspecified atom stereocenters. The van der Waals surface area contributed by atoms with Crippen LogP contribution in [-0.2, 0) is 0 Å². The number of carbonyl (C=O) groups is 1. The molecule has 1 aromatic carbocycles. The number of fused-ring (bicyclic) bond motifs is 1. The molecule has 0 aliphatic carbocycles. The summed E-state index contributed by atoms with van der Waals surface area (Å²) in [6, 6.07) is 7.92. The second kappa shape index (κ2) is 7.72. The number of aliphatic hydroxyl groups is 2. The SMILES string of the molecule is O=C(c1ccc2ccc(=O)oc2c1)N(CCCO)CCCO. The molecule has 1 heterocycles. The molecule has 1 amide bonds. The minimum atomic E-state index is -0.463. The molecule has 0 spiro atoms. The van der Waals surface area contributed by atoms with E-state index in [0.29, 0.717) is 37.1 Å². The number of nitrogens with zero attached hydrogens (tertiary/aromatic N) is 1. The monoisotopic (exact) mass is 305 g/mol. The number of amides is 1. The van der Waals surface area contributed by atoms with Gasteiger partial charge in [-0.25, -0.2) is 4.79 Å². The molecule has 0 atom stereocenters. The average Bonchev–Trinajstić information content (AvgIpc) is 2.53. The van der Waals surface area contributed by atoms with Crippen molar-refractivity contribution in [2.45, 2.75) is 12.8 Å². The van der Waals surface area contributed by atoms with Crippen LogP contribution in [0.3, 0.4) is 0 Å². The first-order chi connectivity index (χ1) is 10.7. The molecule has 0 aliphatic rings. The normalized spacial score (nSPS) is 10.8. The number of hydrogen-bond donors (Lipinski definition) is 2. The van der Waals surface area contributed by atoms with Gasteiger partial charge in [0, 0.05) is 43.3 Å². The largest absolute Gasteiger partial charge is 0.423 e. The van der Waals surface area contributed by atoms with Crippen LogP contribution in [-0.4, -0.2) is 47.3 Å². The third kappa shape index (κ3) is 3.93. The van der Waals surface area contributed by atoms with Crippen LogP contribution in [0.5, 0.6) is 0 Å². The predicted molar refractivity (Wildman–Crippen MR) is 81.8 cm³/mol. The second-order valence-electron chi connectivity index (χ2n) is 4.95. The topological polar surface area (TPSA) is 91.0 Å². The lowest BCUT2D eigenvalue weighted by Crippen LogP contribution is -2.33. The highest BCUT2D eigenvalue weighted by atomic mass is 16.4. The fourth-order valence-corrected chi connectivity index (χ4v) is 2.21. The molecule has 6 heteroatoms. The van der Waals surface area contributed by atoms with E-state index in [2.05, 4.69) is 0 Å². The van der Waals surface area contributed by atoms with E-state index >= 15 is 0 Å². The summed E-state index contributed by atoms with van der Waals surface area (Å²) >= 11 is 0. The van der Waals surface area contributed by atoms with Crippen LogP contribution >= 0.6 is 0 Å². The Labute approximate surface area is 127 Å². The molecule has 2 aromatic rings. The van der Waals surface area contributed by atoms with Crippen molar-refractivity contribution in [1.82, 2.24) is 4.90 Å². The lowest BCUT2D eigenvalue weighted by atomic mass is 10.1. The Morgan fingerprint density at radius 1 is 1.05 bits per heavy atom. The Kier molecular flexibility index (Phi) is 5.68. The zero-order chi connectivity index (χ0) is 15.9. The van der Waals surface area contributed by atoms with Crippen LogP contribution < -0.4 is 5.63 Å². The zero-order valence-electron chi connectivity index (χ0n) is 12.2. The van der Waals surface area contributed by atoms with Gasteiger partial charge in [-0.05, 0) is 31.0 Å². The molecule has 0 aliphatic heterocycles.